The Morgan fingerprint density at radius 3 is 2.19 bits per heavy atom. The Labute approximate surface area is 157 Å². The van der Waals surface area contributed by atoms with E-state index in [1.807, 2.05) is 31.2 Å². The van der Waals surface area contributed by atoms with Crippen LogP contribution in [0.4, 0.5) is 5.69 Å². The highest BCUT2D eigenvalue weighted by Crippen LogP contribution is 2.28. The third-order valence-electron chi connectivity index (χ3n) is 4.05. The van der Waals surface area contributed by atoms with E-state index < -0.39 is 16.0 Å². The standard InChI is InChI=1S/C20H17NO5S/c1-14-6-4-7-15(12-14)16-8-5-9-17(13-16)27(25,26)21(24)19-11-3-2-10-18(19)20(22)23/h2-13,24H,1H3,(H,22,23). The van der Waals surface area contributed by atoms with Gasteiger partial charge in [-0.15, -0.1) is 4.47 Å². The second-order valence-corrected chi connectivity index (χ2v) is 7.74. The van der Waals surface area contributed by atoms with E-state index in [1.54, 1.807) is 12.1 Å². The van der Waals surface area contributed by atoms with Gasteiger partial charge in [-0.3, -0.25) is 5.21 Å². The molecule has 6 nitrogen and oxygen atoms in total. The van der Waals surface area contributed by atoms with Crippen LogP contribution in [-0.4, -0.2) is 24.7 Å². The van der Waals surface area contributed by atoms with Crippen LogP contribution in [0.2, 0.25) is 0 Å². The van der Waals surface area contributed by atoms with E-state index in [1.165, 1.54) is 36.4 Å². The van der Waals surface area contributed by atoms with Crippen LogP contribution in [0.25, 0.3) is 11.1 Å². The van der Waals surface area contributed by atoms with Crippen molar-refractivity contribution in [1.82, 2.24) is 0 Å². The van der Waals surface area contributed by atoms with Crippen molar-refractivity contribution in [3.63, 3.8) is 0 Å². The number of carboxylic acid groups (broad SMARTS) is 1. The Morgan fingerprint density at radius 1 is 0.889 bits per heavy atom. The summed E-state index contributed by atoms with van der Waals surface area (Å²) in [7, 11) is -4.36. The molecule has 0 aliphatic heterocycles. The molecule has 0 saturated heterocycles. The topological polar surface area (TPSA) is 94.9 Å². The largest absolute Gasteiger partial charge is 0.478 e. The van der Waals surface area contributed by atoms with Gasteiger partial charge in [-0.2, -0.15) is 8.42 Å². The first-order chi connectivity index (χ1) is 12.8. The molecule has 0 amide bonds. The Bertz CT molecular complexity index is 1110. The smallest absolute Gasteiger partial charge is 0.337 e. The molecule has 3 aromatic carbocycles. The van der Waals surface area contributed by atoms with Gasteiger partial charge < -0.3 is 5.11 Å². The molecule has 0 saturated carbocycles. The van der Waals surface area contributed by atoms with Crippen molar-refractivity contribution in [3.8, 4) is 11.1 Å². The zero-order valence-electron chi connectivity index (χ0n) is 14.4. The first kappa shape index (κ1) is 18.6. The van der Waals surface area contributed by atoms with Crippen molar-refractivity contribution in [2.45, 2.75) is 11.8 Å². The molecule has 0 heterocycles. The maximum absolute atomic E-state index is 12.8. The molecule has 0 spiro atoms. The van der Waals surface area contributed by atoms with Crippen LogP contribution >= 0.6 is 0 Å². The minimum absolute atomic E-state index is 0.00576. The number of rotatable bonds is 5. The average molecular weight is 383 g/mol. The molecule has 0 fully saturated rings. The Hall–Kier alpha value is -3.16. The van der Waals surface area contributed by atoms with Gasteiger partial charge in [0.1, 0.15) is 0 Å². The lowest BCUT2D eigenvalue weighted by Gasteiger charge is -2.19. The maximum atomic E-state index is 12.8. The summed E-state index contributed by atoms with van der Waals surface area (Å²) in [5.74, 6) is -1.34. The first-order valence-electron chi connectivity index (χ1n) is 8.04. The highest BCUT2D eigenvalue weighted by atomic mass is 32.2. The van der Waals surface area contributed by atoms with Crippen molar-refractivity contribution < 1.29 is 23.5 Å². The molecule has 0 aromatic heterocycles. The highest BCUT2D eigenvalue weighted by Gasteiger charge is 2.27. The molecular formula is C20H17NO5S. The van der Waals surface area contributed by atoms with Crippen LogP contribution in [0.1, 0.15) is 15.9 Å². The van der Waals surface area contributed by atoms with Crippen LogP contribution in [0.15, 0.2) is 77.7 Å². The van der Waals surface area contributed by atoms with Crippen LogP contribution < -0.4 is 4.47 Å². The van der Waals surface area contributed by atoms with Crippen LogP contribution in [0.3, 0.4) is 0 Å². The summed E-state index contributed by atoms with van der Waals surface area (Å²) >= 11 is 0. The second kappa shape index (κ2) is 7.22. The van der Waals surface area contributed by atoms with Gasteiger partial charge in [0.2, 0.25) is 0 Å². The predicted octanol–water partition coefficient (Wildman–Crippen LogP) is 3.94. The van der Waals surface area contributed by atoms with Crippen molar-refractivity contribution in [2.75, 3.05) is 4.47 Å². The number of hydrogen-bond acceptors (Lipinski definition) is 4. The molecule has 0 radical (unpaired) electrons. The molecule has 0 bridgehead atoms. The number of aromatic carboxylic acids is 1. The Balaban J connectivity index is 2.06. The second-order valence-electron chi connectivity index (χ2n) is 5.97. The summed E-state index contributed by atoms with van der Waals surface area (Å²) in [6.07, 6.45) is 0. The number of carboxylic acids is 1. The molecule has 2 N–H and O–H groups in total. The Morgan fingerprint density at radius 2 is 1.52 bits per heavy atom. The first-order valence-corrected chi connectivity index (χ1v) is 9.48. The molecule has 0 aliphatic rings. The third-order valence-corrected chi connectivity index (χ3v) is 5.55. The van der Waals surface area contributed by atoms with Crippen molar-refractivity contribution in [2.24, 2.45) is 0 Å². The molecule has 0 aliphatic carbocycles. The summed E-state index contributed by atoms with van der Waals surface area (Å²) < 4.78 is 25.7. The summed E-state index contributed by atoms with van der Waals surface area (Å²) in [5.41, 5.74) is 1.88. The van der Waals surface area contributed by atoms with Gasteiger partial charge in [-0.25, -0.2) is 4.79 Å². The lowest BCUT2D eigenvalue weighted by atomic mass is 10.0. The van der Waals surface area contributed by atoms with Gasteiger partial charge in [-0.1, -0.05) is 54.1 Å². The van der Waals surface area contributed by atoms with Crippen molar-refractivity contribution in [1.29, 1.82) is 0 Å². The minimum atomic E-state index is -4.36. The van der Waals surface area contributed by atoms with Crippen LogP contribution in [0.5, 0.6) is 0 Å². The molecule has 3 rings (SSSR count). The zero-order valence-corrected chi connectivity index (χ0v) is 15.2. The van der Waals surface area contributed by atoms with Gasteiger partial charge >= 0.3 is 5.97 Å². The molecule has 27 heavy (non-hydrogen) atoms. The fourth-order valence-electron chi connectivity index (χ4n) is 2.71. The summed E-state index contributed by atoms with van der Waals surface area (Å²) in [4.78, 5) is 11.2. The minimum Gasteiger partial charge on any atom is -0.478 e. The number of hydrogen-bond donors (Lipinski definition) is 2. The van der Waals surface area contributed by atoms with E-state index in [4.69, 9.17) is 0 Å². The van der Waals surface area contributed by atoms with E-state index >= 15 is 0 Å². The lowest BCUT2D eigenvalue weighted by Crippen LogP contribution is -2.28. The quantitative estimate of drug-likeness (QED) is 0.651. The highest BCUT2D eigenvalue weighted by molar-refractivity contribution is 7.92. The molecule has 0 unspecified atom stereocenters. The predicted molar refractivity (Wildman–Crippen MR) is 101 cm³/mol. The van der Waals surface area contributed by atoms with Gasteiger partial charge in [0, 0.05) is 0 Å². The van der Waals surface area contributed by atoms with Gasteiger partial charge in [-0.05, 0) is 42.3 Å². The fraction of sp³-hybridized carbons (Fsp3) is 0.0500. The number of nitrogens with zero attached hydrogens (tertiary/aromatic N) is 1. The zero-order chi connectivity index (χ0) is 19.6. The summed E-state index contributed by atoms with van der Waals surface area (Å²) in [6.45, 7) is 1.93. The molecule has 138 valence electrons. The van der Waals surface area contributed by atoms with Gasteiger partial charge in [0.25, 0.3) is 10.0 Å². The van der Waals surface area contributed by atoms with Crippen LogP contribution in [0, 0.1) is 6.92 Å². The van der Waals surface area contributed by atoms with Crippen molar-refractivity contribution in [3.05, 3.63) is 83.9 Å². The average Bonchev–Trinajstić information content (AvgIpc) is 2.67. The normalized spacial score (nSPS) is 11.2. The molecular weight excluding hydrogens is 366 g/mol. The van der Waals surface area contributed by atoms with E-state index in [9.17, 15) is 23.5 Å². The number of para-hydroxylation sites is 1. The Kier molecular flexibility index (Phi) is 4.98. The van der Waals surface area contributed by atoms with E-state index in [2.05, 4.69) is 0 Å². The van der Waals surface area contributed by atoms with Crippen molar-refractivity contribution >= 4 is 21.7 Å². The van der Waals surface area contributed by atoms with Gasteiger partial charge in [0.15, 0.2) is 0 Å². The van der Waals surface area contributed by atoms with E-state index in [0.717, 1.165) is 11.1 Å². The third kappa shape index (κ3) is 3.69. The monoisotopic (exact) mass is 383 g/mol. The fourth-order valence-corrected chi connectivity index (χ4v) is 3.86. The summed E-state index contributed by atoms with van der Waals surface area (Å²) in [6, 6.07) is 19.0. The SMILES string of the molecule is Cc1cccc(-c2cccc(S(=O)(=O)N(O)c3ccccc3C(=O)O)c2)c1. The lowest BCUT2D eigenvalue weighted by molar-refractivity contribution is 0.0696. The molecule has 7 heteroatoms. The maximum Gasteiger partial charge on any atom is 0.337 e. The number of benzene rings is 3. The number of carbonyl (C=O) groups is 1. The van der Waals surface area contributed by atoms with Gasteiger partial charge in [0.05, 0.1) is 16.1 Å². The number of aryl methyl sites for hydroxylation is 1. The summed E-state index contributed by atoms with van der Waals surface area (Å²) in [5, 5.41) is 19.6. The van der Waals surface area contributed by atoms with E-state index in [0.29, 0.717) is 5.56 Å². The van der Waals surface area contributed by atoms with Crippen LogP contribution in [-0.2, 0) is 10.0 Å². The van der Waals surface area contributed by atoms with E-state index in [-0.39, 0.29) is 20.6 Å². The molecule has 3 aromatic rings. The molecule has 0 atom stereocenters. The number of sulfonamides is 1. The number of anilines is 1.